The first-order chi connectivity index (χ1) is 10.3. The van der Waals surface area contributed by atoms with Crippen LogP contribution in [-0.2, 0) is 12.8 Å². The molecular formula is C18H26N2O. The molecule has 0 saturated heterocycles. The number of rotatable bonds is 8. The first-order valence-corrected chi connectivity index (χ1v) is 7.95. The van der Waals surface area contributed by atoms with Crippen LogP contribution in [0.15, 0.2) is 42.6 Å². The van der Waals surface area contributed by atoms with Gasteiger partial charge in [0.25, 0.3) is 0 Å². The molecule has 1 heterocycles. The van der Waals surface area contributed by atoms with Crippen molar-refractivity contribution in [1.29, 1.82) is 0 Å². The first-order valence-electron chi connectivity index (χ1n) is 7.95. The van der Waals surface area contributed by atoms with E-state index in [2.05, 4.69) is 48.0 Å². The average molecular weight is 286 g/mol. The third-order valence-electron chi connectivity index (χ3n) is 4.10. The van der Waals surface area contributed by atoms with Gasteiger partial charge in [-0.1, -0.05) is 44.2 Å². The average Bonchev–Trinajstić information content (AvgIpc) is 2.97. The fraction of sp³-hybridized carbons (Fsp3) is 0.500. The molecular weight excluding hydrogens is 260 g/mol. The van der Waals surface area contributed by atoms with Crippen molar-refractivity contribution in [2.24, 2.45) is 5.92 Å². The van der Waals surface area contributed by atoms with Gasteiger partial charge in [0, 0.05) is 12.8 Å². The van der Waals surface area contributed by atoms with Crippen molar-refractivity contribution in [3.63, 3.8) is 0 Å². The zero-order valence-electron chi connectivity index (χ0n) is 13.1. The second-order valence-electron chi connectivity index (χ2n) is 5.70. The van der Waals surface area contributed by atoms with E-state index in [1.165, 1.54) is 5.56 Å². The van der Waals surface area contributed by atoms with Crippen LogP contribution in [-0.4, -0.2) is 21.5 Å². The Kier molecular flexibility index (Phi) is 6.00. The van der Waals surface area contributed by atoms with Crippen LogP contribution in [0.1, 0.15) is 44.0 Å². The number of aliphatic hydroxyl groups is 1. The molecule has 0 fully saturated rings. The number of benzene rings is 1. The van der Waals surface area contributed by atoms with Crippen molar-refractivity contribution in [3.05, 3.63) is 53.9 Å². The van der Waals surface area contributed by atoms with E-state index in [1.807, 2.05) is 18.2 Å². The molecule has 1 unspecified atom stereocenters. The Balaban J connectivity index is 1.99. The van der Waals surface area contributed by atoms with Crippen LogP contribution in [0, 0.1) is 5.92 Å². The van der Waals surface area contributed by atoms with Crippen LogP contribution in [0.25, 0.3) is 0 Å². The number of hydrogen-bond donors (Lipinski definition) is 1. The van der Waals surface area contributed by atoms with Gasteiger partial charge in [-0.2, -0.15) is 5.10 Å². The highest BCUT2D eigenvalue weighted by atomic mass is 16.3. The van der Waals surface area contributed by atoms with Crippen molar-refractivity contribution in [2.45, 2.75) is 45.6 Å². The Morgan fingerprint density at radius 3 is 2.38 bits per heavy atom. The molecule has 2 aromatic rings. The molecule has 1 aromatic heterocycles. The molecule has 1 aromatic carbocycles. The maximum absolute atomic E-state index is 9.62. The van der Waals surface area contributed by atoms with E-state index in [4.69, 9.17) is 0 Å². The summed E-state index contributed by atoms with van der Waals surface area (Å²) in [4.78, 5) is 0. The summed E-state index contributed by atoms with van der Waals surface area (Å²) < 4.78 is 2.08. The van der Waals surface area contributed by atoms with Gasteiger partial charge in [-0.25, -0.2) is 0 Å². The summed E-state index contributed by atoms with van der Waals surface area (Å²) in [5, 5.41) is 14.3. The van der Waals surface area contributed by atoms with E-state index in [1.54, 1.807) is 0 Å². The molecule has 1 atom stereocenters. The van der Waals surface area contributed by atoms with Crippen LogP contribution in [0.5, 0.6) is 0 Å². The second kappa shape index (κ2) is 7.99. The number of hydrogen-bond acceptors (Lipinski definition) is 2. The molecule has 0 bridgehead atoms. The van der Waals surface area contributed by atoms with Crippen molar-refractivity contribution in [3.8, 4) is 0 Å². The highest BCUT2D eigenvalue weighted by Gasteiger charge is 2.13. The molecule has 21 heavy (non-hydrogen) atoms. The van der Waals surface area contributed by atoms with Crippen LogP contribution in [0.2, 0.25) is 0 Å². The molecule has 1 N–H and O–H groups in total. The minimum atomic E-state index is 0.201. The third-order valence-corrected chi connectivity index (χ3v) is 4.10. The van der Waals surface area contributed by atoms with Gasteiger partial charge in [0.2, 0.25) is 0 Å². The number of aromatic nitrogens is 2. The Morgan fingerprint density at radius 2 is 1.76 bits per heavy atom. The van der Waals surface area contributed by atoms with E-state index >= 15 is 0 Å². The molecule has 0 aliphatic carbocycles. The van der Waals surface area contributed by atoms with Gasteiger partial charge in [0.1, 0.15) is 0 Å². The monoisotopic (exact) mass is 286 g/mol. The fourth-order valence-corrected chi connectivity index (χ4v) is 2.80. The lowest BCUT2D eigenvalue weighted by Crippen LogP contribution is -2.14. The summed E-state index contributed by atoms with van der Waals surface area (Å²) in [6.07, 6.45) is 6.01. The normalized spacial score (nSPS) is 12.8. The zero-order valence-corrected chi connectivity index (χ0v) is 13.1. The molecule has 0 spiro atoms. The van der Waals surface area contributed by atoms with Crippen molar-refractivity contribution >= 4 is 0 Å². The van der Waals surface area contributed by atoms with Crippen molar-refractivity contribution < 1.29 is 5.11 Å². The highest BCUT2D eigenvalue weighted by Crippen LogP contribution is 2.17. The topological polar surface area (TPSA) is 38.0 Å². The molecule has 0 saturated carbocycles. The zero-order chi connectivity index (χ0) is 15.1. The second-order valence-corrected chi connectivity index (χ2v) is 5.70. The predicted octanol–water partition coefficient (Wildman–Crippen LogP) is 3.64. The minimum absolute atomic E-state index is 0.201. The molecule has 0 aliphatic rings. The molecule has 114 valence electrons. The predicted molar refractivity (Wildman–Crippen MR) is 86.3 cm³/mol. The van der Waals surface area contributed by atoms with Crippen molar-refractivity contribution in [2.75, 3.05) is 6.61 Å². The van der Waals surface area contributed by atoms with Crippen LogP contribution in [0.3, 0.4) is 0 Å². The van der Waals surface area contributed by atoms with E-state index in [-0.39, 0.29) is 12.5 Å². The van der Waals surface area contributed by atoms with Crippen molar-refractivity contribution in [1.82, 2.24) is 9.78 Å². The molecule has 3 nitrogen and oxygen atoms in total. The summed E-state index contributed by atoms with van der Waals surface area (Å²) in [6.45, 7) is 4.59. The quantitative estimate of drug-likeness (QED) is 0.804. The van der Waals surface area contributed by atoms with Gasteiger partial charge in [0.05, 0.1) is 11.7 Å². The van der Waals surface area contributed by atoms with Crippen LogP contribution < -0.4 is 0 Å². The maximum atomic E-state index is 9.62. The lowest BCUT2D eigenvalue weighted by atomic mass is 9.96. The van der Waals surface area contributed by atoms with E-state index in [0.717, 1.165) is 31.4 Å². The highest BCUT2D eigenvalue weighted by molar-refractivity contribution is 5.16. The molecule has 0 radical (unpaired) electrons. The summed E-state index contributed by atoms with van der Waals surface area (Å²) in [5.41, 5.74) is 2.35. The lowest BCUT2D eigenvalue weighted by molar-refractivity contribution is 0.223. The standard InChI is InChI=1S/C18H26N2O/c1-3-18(4-2)20-11-10-17(19-20)13-16(14-21)12-15-8-6-5-7-9-15/h5-11,16,18,21H,3-4,12-14H2,1-2H3. The molecule has 2 rings (SSSR count). The van der Waals surface area contributed by atoms with Gasteiger partial charge < -0.3 is 5.11 Å². The summed E-state index contributed by atoms with van der Waals surface area (Å²) in [5.74, 6) is 0.234. The van der Waals surface area contributed by atoms with E-state index in [0.29, 0.717) is 6.04 Å². The van der Waals surface area contributed by atoms with Gasteiger partial charge in [-0.3, -0.25) is 4.68 Å². The summed E-state index contributed by atoms with van der Waals surface area (Å²) in [6, 6.07) is 12.9. The first kappa shape index (κ1) is 15.8. The van der Waals surface area contributed by atoms with Crippen LogP contribution >= 0.6 is 0 Å². The largest absolute Gasteiger partial charge is 0.396 e. The third kappa shape index (κ3) is 4.43. The Hall–Kier alpha value is -1.61. The van der Waals surface area contributed by atoms with Gasteiger partial charge in [0.15, 0.2) is 0 Å². The summed E-state index contributed by atoms with van der Waals surface area (Å²) in [7, 11) is 0. The molecule has 0 aliphatic heterocycles. The number of nitrogens with zero attached hydrogens (tertiary/aromatic N) is 2. The van der Waals surface area contributed by atoms with E-state index in [9.17, 15) is 5.11 Å². The van der Waals surface area contributed by atoms with Crippen LogP contribution in [0.4, 0.5) is 0 Å². The molecule has 0 amide bonds. The Morgan fingerprint density at radius 1 is 1.05 bits per heavy atom. The Bertz CT molecular complexity index is 517. The van der Waals surface area contributed by atoms with Gasteiger partial charge >= 0.3 is 0 Å². The fourth-order valence-electron chi connectivity index (χ4n) is 2.80. The van der Waals surface area contributed by atoms with E-state index < -0.39 is 0 Å². The smallest absolute Gasteiger partial charge is 0.0628 e. The lowest BCUT2D eigenvalue weighted by Gasteiger charge is -2.14. The van der Waals surface area contributed by atoms with Gasteiger partial charge in [-0.05, 0) is 43.2 Å². The summed E-state index contributed by atoms with van der Waals surface area (Å²) >= 11 is 0. The number of aliphatic hydroxyl groups excluding tert-OH is 1. The molecule has 3 heteroatoms. The minimum Gasteiger partial charge on any atom is -0.396 e. The maximum Gasteiger partial charge on any atom is 0.0628 e. The Labute approximate surface area is 127 Å². The SMILES string of the molecule is CCC(CC)n1ccc(CC(CO)Cc2ccccc2)n1. The van der Waals surface area contributed by atoms with Gasteiger partial charge in [-0.15, -0.1) is 0 Å².